The lowest BCUT2D eigenvalue weighted by atomic mass is 10.2. The van der Waals surface area contributed by atoms with Crippen molar-refractivity contribution in [1.29, 1.82) is 5.26 Å². The number of thioether (sulfide) groups is 1. The van der Waals surface area contributed by atoms with Crippen molar-refractivity contribution in [2.45, 2.75) is 44.6 Å². The van der Waals surface area contributed by atoms with E-state index < -0.39 is 0 Å². The Balaban J connectivity index is 1.85. The molecule has 144 valence electrons. The molecule has 1 N–H and O–H groups in total. The molecule has 0 saturated carbocycles. The van der Waals surface area contributed by atoms with E-state index in [2.05, 4.69) is 17.2 Å². The summed E-state index contributed by atoms with van der Waals surface area (Å²) in [5.41, 5.74) is 1.21. The first-order chi connectivity index (χ1) is 13.5. The normalized spacial score (nSPS) is 10.8. The van der Waals surface area contributed by atoms with Crippen LogP contribution in [-0.4, -0.2) is 15.5 Å². The molecule has 0 atom stereocenters. The molecular weight excluding hydrogens is 392 g/mol. The smallest absolute Gasteiger partial charge is 0.266 e. The van der Waals surface area contributed by atoms with Gasteiger partial charge in [0.1, 0.15) is 10.2 Å². The summed E-state index contributed by atoms with van der Waals surface area (Å²) in [6.07, 6.45) is 4.65. The first-order valence-electron chi connectivity index (χ1n) is 9.01. The Morgan fingerprint density at radius 3 is 2.75 bits per heavy atom. The van der Waals surface area contributed by atoms with E-state index in [0.717, 1.165) is 35.9 Å². The second-order valence-electron chi connectivity index (χ2n) is 6.36. The number of thiocyanates is 1. The van der Waals surface area contributed by atoms with Crippen molar-refractivity contribution in [2.75, 3.05) is 5.32 Å². The number of nitriles is 1. The summed E-state index contributed by atoms with van der Waals surface area (Å²) in [4.78, 5) is 31.8. The van der Waals surface area contributed by atoms with Crippen molar-refractivity contribution in [3.63, 3.8) is 0 Å². The lowest BCUT2D eigenvalue weighted by molar-refractivity contribution is 0.103. The van der Waals surface area contributed by atoms with Gasteiger partial charge in [-0.2, -0.15) is 5.26 Å². The number of benzene rings is 1. The Labute approximate surface area is 171 Å². The summed E-state index contributed by atoms with van der Waals surface area (Å²) in [7, 11) is 0. The minimum atomic E-state index is -0.266. The predicted octanol–water partition coefficient (Wildman–Crippen LogP) is 4.78. The third-order valence-corrected chi connectivity index (χ3v) is 6.20. The van der Waals surface area contributed by atoms with Gasteiger partial charge in [-0.3, -0.25) is 14.2 Å². The molecule has 8 heteroatoms. The number of fused-ring (bicyclic) bond motifs is 1. The van der Waals surface area contributed by atoms with Crippen LogP contribution < -0.4 is 10.9 Å². The van der Waals surface area contributed by atoms with Crippen LogP contribution in [0.2, 0.25) is 0 Å². The van der Waals surface area contributed by atoms with Crippen LogP contribution in [0.5, 0.6) is 0 Å². The van der Waals surface area contributed by atoms with Crippen molar-refractivity contribution >= 4 is 44.9 Å². The van der Waals surface area contributed by atoms with Gasteiger partial charge >= 0.3 is 0 Å². The molecule has 3 aromatic rings. The van der Waals surface area contributed by atoms with Crippen LogP contribution in [0.25, 0.3) is 10.2 Å². The molecule has 0 bridgehead atoms. The molecule has 2 heterocycles. The number of carbonyl (C=O) groups is 1. The second kappa shape index (κ2) is 9.04. The molecular formula is C20H20N4O2S2. The van der Waals surface area contributed by atoms with E-state index in [1.807, 2.05) is 5.40 Å². The van der Waals surface area contributed by atoms with Crippen LogP contribution in [0.3, 0.4) is 0 Å². The largest absolute Gasteiger partial charge is 0.321 e. The quantitative estimate of drug-likeness (QED) is 0.343. The average Bonchev–Trinajstić information content (AvgIpc) is 3.03. The number of nitrogens with one attached hydrogen (secondary N) is 1. The maximum atomic E-state index is 12.8. The SMILES string of the molecule is CCCCCn1cnc2sc(C(=O)Nc3ccc(SC#N)cc3)c(C)c2c1=O. The second-order valence-corrected chi connectivity index (χ2v) is 8.22. The zero-order chi connectivity index (χ0) is 20.1. The fourth-order valence-electron chi connectivity index (χ4n) is 2.91. The highest BCUT2D eigenvalue weighted by atomic mass is 32.2. The number of unbranched alkanes of at least 4 members (excludes halogenated alkanes) is 2. The Morgan fingerprint density at radius 1 is 1.32 bits per heavy atom. The maximum Gasteiger partial charge on any atom is 0.266 e. The maximum absolute atomic E-state index is 12.8. The third kappa shape index (κ3) is 4.26. The minimum absolute atomic E-state index is 0.0909. The van der Waals surface area contributed by atoms with Crippen LogP contribution >= 0.6 is 23.1 Å². The number of rotatable bonds is 7. The van der Waals surface area contributed by atoms with E-state index in [9.17, 15) is 9.59 Å². The van der Waals surface area contributed by atoms with Gasteiger partial charge in [-0.25, -0.2) is 4.98 Å². The number of nitrogens with zero attached hydrogens (tertiary/aromatic N) is 3. The van der Waals surface area contributed by atoms with Gasteiger partial charge in [-0.1, -0.05) is 19.8 Å². The predicted molar refractivity (Wildman–Crippen MR) is 114 cm³/mol. The van der Waals surface area contributed by atoms with Gasteiger partial charge < -0.3 is 5.32 Å². The summed E-state index contributed by atoms with van der Waals surface area (Å²) >= 11 is 2.29. The van der Waals surface area contributed by atoms with E-state index in [1.165, 1.54) is 11.3 Å². The van der Waals surface area contributed by atoms with Crippen LogP contribution in [0.15, 0.2) is 40.3 Å². The molecule has 0 saturated heterocycles. The van der Waals surface area contributed by atoms with Crippen molar-refractivity contribution in [1.82, 2.24) is 9.55 Å². The van der Waals surface area contributed by atoms with E-state index in [0.29, 0.717) is 32.9 Å². The first-order valence-corrected chi connectivity index (χ1v) is 10.6. The molecule has 0 radical (unpaired) electrons. The Hall–Kier alpha value is -2.63. The van der Waals surface area contributed by atoms with Crippen LogP contribution in [0.4, 0.5) is 5.69 Å². The highest BCUT2D eigenvalue weighted by Gasteiger charge is 2.19. The first kappa shape index (κ1) is 20.1. The van der Waals surface area contributed by atoms with Crippen LogP contribution in [0, 0.1) is 17.6 Å². The highest BCUT2D eigenvalue weighted by Crippen LogP contribution is 2.28. The minimum Gasteiger partial charge on any atom is -0.321 e. The van der Waals surface area contributed by atoms with Gasteiger partial charge in [-0.05, 0) is 54.9 Å². The molecule has 28 heavy (non-hydrogen) atoms. The summed E-state index contributed by atoms with van der Waals surface area (Å²) in [5.74, 6) is -0.266. The number of carbonyl (C=O) groups excluding carboxylic acids is 1. The Morgan fingerprint density at radius 2 is 2.07 bits per heavy atom. The summed E-state index contributed by atoms with van der Waals surface area (Å²) in [5, 5.41) is 14.1. The topological polar surface area (TPSA) is 87.8 Å². The molecule has 1 aromatic carbocycles. The Bertz CT molecular complexity index is 1090. The van der Waals surface area contributed by atoms with Crippen molar-refractivity contribution < 1.29 is 4.79 Å². The summed E-state index contributed by atoms with van der Waals surface area (Å²) in [6, 6.07) is 7.05. The molecule has 0 spiro atoms. The van der Waals surface area contributed by atoms with Crippen LogP contribution in [-0.2, 0) is 6.54 Å². The van der Waals surface area contributed by atoms with Crippen molar-refractivity contribution in [2.24, 2.45) is 0 Å². The molecule has 6 nitrogen and oxygen atoms in total. The molecule has 0 unspecified atom stereocenters. The van der Waals surface area contributed by atoms with Crippen molar-refractivity contribution in [3.8, 4) is 5.40 Å². The fraction of sp³-hybridized carbons (Fsp3) is 0.300. The lowest BCUT2D eigenvalue weighted by Gasteiger charge is -2.05. The monoisotopic (exact) mass is 412 g/mol. The van der Waals surface area contributed by atoms with E-state index >= 15 is 0 Å². The van der Waals surface area contributed by atoms with Gasteiger partial charge in [-0.15, -0.1) is 11.3 Å². The van der Waals surface area contributed by atoms with Crippen LogP contribution in [0.1, 0.15) is 41.4 Å². The molecule has 2 aromatic heterocycles. The molecule has 1 amide bonds. The zero-order valence-electron chi connectivity index (χ0n) is 15.7. The van der Waals surface area contributed by atoms with E-state index in [-0.39, 0.29) is 11.5 Å². The number of aromatic nitrogens is 2. The summed E-state index contributed by atoms with van der Waals surface area (Å²) < 4.78 is 1.63. The number of amides is 1. The number of aryl methyl sites for hydroxylation is 2. The molecule has 3 rings (SSSR count). The fourth-order valence-corrected chi connectivity index (χ4v) is 4.33. The Kier molecular flexibility index (Phi) is 6.49. The van der Waals surface area contributed by atoms with Gasteiger partial charge in [0.2, 0.25) is 0 Å². The standard InChI is InChI=1S/C20H20N4O2S2/c1-3-4-5-10-24-12-22-19-16(20(24)26)13(2)17(28-19)18(25)23-14-6-8-15(9-7-14)27-11-21/h6-9,12H,3-5,10H2,1-2H3,(H,23,25). The zero-order valence-corrected chi connectivity index (χ0v) is 17.3. The van der Waals surface area contributed by atoms with Crippen molar-refractivity contribution in [3.05, 3.63) is 51.4 Å². The summed E-state index contributed by atoms with van der Waals surface area (Å²) in [6.45, 7) is 4.55. The third-order valence-electron chi connectivity index (χ3n) is 4.40. The van der Waals surface area contributed by atoms with E-state index in [4.69, 9.17) is 5.26 Å². The number of hydrogen-bond donors (Lipinski definition) is 1. The number of hydrogen-bond acceptors (Lipinski definition) is 6. The number of thiophene rings is 1. The average molecular weight is 413 g/mol. The number of anilines is 1. The molecule has 0 aliphatic rings. The molecule has 0 fully saturated rings. The molecule has 0 aliphatic carbocycles. The van der Waals surface area contributed by atoms with Gasteiger partial charge in [0, 0.05) is 17.1 Å². The lowest BCUT2D eigenvalue weighted by Crippen LogP contribution is -2.20. The van der Waals surface area contributed by atoms with E-state index in [1.54, 1.807) is 42.1 Å². The van der Waals surface area contributed by atoms with Gasteiger partial charge in [0.05, 0.1) is 16.6 Å². The molecule has 0 aliphatic heterocycles. The van der Waals surface area contributed by atoms with Gasteiger partial charge in [0.25, 0.3) is 11.5 Å². The van der Waals surface area contributed by atoms with Gasteiger partial charge in [0.15, 0.2) is 0 Å². The highest BCUT2D eigenvalue weighted by molar-refractivity contribution is 8.03.